The highest BCUT2D eigenvalue weighted by Crippen LogP contribution is 2.19. The third-order valence-corrected chi connectivity index (χ3v) is 2.85. The smallest absolute Gasteiger partial charge is 0.118 e. The maximum atomic E-state index is 8.91. The highest BCUT2D eigenvalue weighted by Gasteiger charge is 2.34. The van der Waals surface area contributed by atoms with Gasteiger partial charge in [-0.25, -0.2) is 0 Å². The Hall–Kier alpha value is -1.37. The Kier molecular flexibility index (Phi) is 2.72. The first-order valence-electron chi connectivity index (χ1n) is 5.18. The fourth-order valence-electron chi connectivity index (χ4n) is 1.98. The number of rotatable bonds is 2. The number of nitrogens with zero attached hydrogens (tertiary/aromatic N) is 2. The molecular weight excluding hydrogens is 186 g/mol. The maximum absolute atomic E-state index is 8.91. The van der Waals surface area contributed by atoms with Crippen LogP contribution in [0.25, 0.3) is 0 Å². The summed E-state index contributed by atoms with van der Waals surface area (Å²) in [4.78, 5) is 2.23. The van der Waals surface area contributed by atoms with Crippen LogP contribution in [0, 0.1) is 11.3 Å². The van der Waals surface area contributed by atoms with Crippen LogP contribution in [0.2, 0.25) is 0 Å². The van der Waals surface area contributed by atoms with Crippen molar-refractivity contribution in [2.75, 3.05) is 13.1 Å². The van der Waals surface area contributed by atoms with Crippen molar-refractivity contribution in [1.29, 1.82) is 5.26 Å². The van der Waals surface area contributed by atoms with E-state index in [2.05, 4.69) is 23.1 Å². The Labute approximate surface area is 90.1 Å². The highest BCUT2D eigenvalue weighted by molar-refractivity contribution is 5.16. The lowest BCUT2D eigenvalue weighted by molar-refractivity contribution is 0.318. The molecule has 0 saturated carbocycles. The molecule has 1 heterocycles. The molecular formula is C12H15N3. The van der Waals surface area contributed by atoms with Crippen molar-refractivity contribution in [2.24, 2.45) is 5.73 Å². The zero-order valence-electron chi connectivity index (χ0n) is 8.69. The second-order valence-corrected chi connectivity index (χ2v) is 4.21. The summed E-state index contributed by atoms with van der Waals surface area (Å²) in [5.74, 6) is 0. The number of benzene rings is 1. The molecule has 1 atom stereocenters. The van der Waals surface area contributed by atoms with Gasteiger partial charge in [-0.2, -0.15) is 5.26 Å². The second-order valence-electron chi connectivity index (χ2n) is 4.21. The summed E-state index contributed by atoms with van der Waals surface area (Å²) in [6, 6.07) is 12.5. The van der Waals surface area contributed by atoms with Gasteiger partial charge in [-0.05, 0) is 12.0 Å². The minimum Gasteiger partial charge on any atom is -0.312 e. The molecule has 0 bridgehead atoms. The van der Waals surface area contributed by atoms with Gasteiger partial charge < -0.3 is 5.73 Å². The molecule has 2 N–H and O–H groups in total. The van der Waals surface area contributed by atoms with Gasteiger partial charge in [-0.15, -0.1) is 0 Å². The van der Waals surface area contributed by atoms with Crippen molar-refractivity contribution in [3.8, 4) is 6.07 Å². The number of hydrogen-bond acceptors (Lipinski definition) is 3. The number of nitrogens with two attached hydrogens (primary N) is 1. The molecule has 15 heavy (non-hydrogen) atoms. The Morgan fingerprint density at radius 1 is 1.40 bits per heavy atom. The summed E-state index contributed by atoms with van der Waals surface area (Å²) in [6.45, 7) is 2.48. The first-order valence-corrected chi connectivity index (χ1v) is 5.18. The zero-order chi connectivity index (χ0) is 10.7. The molecule has 1 aromatic rings. The molecule has 3 nitrogen and oxygen atoms in total. The van der Waals surface area contributed by atoms with Gasteiger partial charge in [0.15, 0.2) is 0 Å². The summed E-state index contributed by atoms with van der Waals surface area (Å²) in [6.07, 6.45) is 0.774. The Morgan fingerprint density at radius 3 is 2.73 bits per heavy atom. The van der Waals surface area contributed by atoms with E-state index in [1.54, 1.807) is 0 Å². The second kappa shape index (κ2) is 4.01. The molecule has 0 amide bonds. The molecule has 3 heteroatoms. The molecule has 1 aliphatic heterocycles. The average molecular weight is 201 g/mol. The predicted octanol–water partition coefficient (Wildman–Crippen LogP) is 1.11. The van der Waals surface area contributed by atoms with Crippen molar-refractivity contribution in [3.05, 3.63) is 35.9 Å². The fraction of sp³-hybridized carbons (Fsp3) is 0.417. The summed E-state index contributed by atoms with van der Waals surface area (Å²) in [5, 5.41) is 8.91. The van der Waals surface area contributed by atoms with Gasteiger partial charge in [0.25, 0.3) is 0 Å². The SMILES string of the molecule is N#C[C@@]1(N)CCN(Cc2ccccc2)C1. The molecule has 0 spiro atoms. The van der Waals surface area contributed by atoms with E-state index in [1.807, 2.05) is 18.2 Å². The highest BCUT2D eigenvalue weighted by atomic mass is 15.2. The van der Waals surface area contributed by atoms with Gasteiger partial charge in [-0.3, -0.25) is 4.90 Å². The van der Waals surface area contributed by atoms with Crippen LogP contribution < -0.4 is 5.73 Å². The Morgan fingerprint density at radius 2 is 2.13 bits per heavy atom. The third-order valence-electron chi connectivity index (χ3n) is 2.85. The van der Waals surface area contributed by atoms with Crippen molar-refractivity contribution in [2.45, 2.75) is 18.5 Å². The molecule has 0 aliphatic carbocycles. The number of nitriles is 1. The van der Waals surface area contributed by atoms with E-state index >= 15 is 0 Å². The predicted molar refractivity (Wildman–Crippen MR) is 58.9 cm³/mol. The van der Waals surface area contributed by atoms with Gasteiger partial charge in [0.1, 0.15) is 5.54 Å². The molecule has 1 saturated heterocycles. The van der Waals surface area contributed by atoms with Crippen molar-refractivity contribution in [3.63, 3.8) is 0 Å². The first kappa shape index (κ1) is 10.2. The lowest BCUT2D eigenvalue weighted by atomic mass is 10.0. The minimum absolute atomic E-state index is 0.630. The van der Waals surface area contributed by atoms with E-state index < -0.39 is 5.54 Å². The van der Waals surface area contributed by atoms with Crippen molar-refractivity contribution < 1.29 is 0 Å². The van der Waals surface area contributed by atoms with Crippen LogP contribution in [0.3, 0.4) is 0 Å². The Balaban J connectivity index is 1.97. The van der Waals surface area contributed by atoms with Crippen LogP contribution in [0.4, 0.5) is 0 Å². The van der Waals surface area contributed by atoms with E-state index in [-0.39, 0.29) is 0 Å². The Bertz CT molecular complexity index is 368. The van der Waals surface area contributed by atoms with Crippen LogP contribution in [-0.4, -0.2) is 23.5 Å². The lowest BCUT2D eigenvalue weighted by Gasteiger charge is -2.17. The third kappa shape index (κ3) is 2.35. The van der Waals surface area contributed by atoms with Gasteiger partial charge in [-0.1, -0.05) is 30.3 Å². The topological polar surface area (TPSA) is 53.1 Å². The molecule has 2 rings (SSSR count). The average Bonchev–Trinajstić information content (AvgIpc) is 2.63. The van der Waals surface area contributed by atoms with Gasteiger partial charge >= 0.3 is 0 Å². The maximum Gasteiger partial charge on any atom is 0.118 e. The van der Waals surface area contributed by atoms with E-state index in [4.69, 9.17) is 11.0 Å². The zero-order valence-corrected chi connectivity index (χ0v) is 8.69. The quantitative estimate of drug-likeness (QED) is 0.780. The largest absolute Gasteiger partial charge is 0.312 e. The standard InChI is InChI=1S/C12H15N3/c13-9-12(14)6-7-15(10-12)8-11-4-2-1-3-5-11/h1-5H,6-8,10,14H2/t12-/m0/s1. The molecule has 1 fully saturated rings. The number of hydrogen-bond donors (Lipinski definition) is 1. The van der Waals surface area contributed by atoms with E-state index in [1.165, 1.54) is 5.56 Å². The van der Waals surface area contributed by atoms with Gasteiger partial charge in [0, 0.05) is 19.6 Å². The summed E-state index contributed by atoms with van der Waals surface area (Å²) < 4.78 is 0. The van der Waals surface area contributed by atoms with E-state index in [9.17, 15) is 0 Å². The van der Waals surface area contributed by atoms with Gasteiger partial charge in [0.2, 0.25) is 0 Å². The summed E-state index contributed by atoms with van der Waals surface area (Å²) in [5.41, 5.74) is 6.55. The van der Waals surface area contributed by atoms with Crippen LogP contribution in [0.5, 0.6) is 0 Å². The van der Waals surface area contributed by atoms with Crippen LogP contribution >= 0.6 is 0 Å². The first-order chi connectivity index (χ1) is 7.22. The monoisotopic (exact) mass is 201 g/mol. The number of likely N-dealkylation sites (tertiary alicyclic amines) is 1. The van der Waals surface area contributed by atoms with Gasteiger partial charge in [0.05, 0.1) is 6.07 Å². The van der Waals surface area contributed by atoms with Crippen molar-refractivity contribution >= 4 is 0 Å². The van der Waals surface area contributed by atoms with Crippen LogP contribution in [0.15, 0.2) is 30.3 Å². The molecule has 1 aromatic carbocycles. The summed E-state index contributed by atoms with van der Waals surface area (Å²) >= 11 is 0. The fourth-order valence-corrected chi connectivity index (χ4v) is 1.98. The normalized spacial score (nSPS) is 26.4. The van der Waals surface area contributed by atoms with Crippen molar-refractivity contribution in [1.82, 2.24) is 4.90 Å². The lowest BCUT2D eigenvalue weighted by Crippen LogP contribution is -2.40. The van der Waals surface area contributed by atoms with Crippen LogP contribution in [-0.2, 0) is 6.54 Å². The minimum atomic E-state index is -0.630. The van der Waals surface area contributed by atoms with E-state index in [0.29, 0.717) is 6.54 Å². The molecule has 0 radical (unpaired) electrons. The van der Waals surface area contributed by atoms with Crippen LogP contribution in [0.1, 0.15) is 12.0 Å². The molecule has 1 aliphatic rings. The molecule has 78 valence electrons. The van der Waals surface area contributed by atoms with E-state index in [0.717, 1.165) is 19.5 Å². The molecule has 0 unspecified atom stereocenters. The summed E-state index contributed by atoms with van der Waals surface area (Å²) in [7, 11) is 0. The molecule has 0 aromatic heterocycles.